The zero-order chi connectivity index (χ0) is 14.1. The number of benzene rings is 1. The highest BCUT2D eigenvalue weighted by Gasteiger charge is 2.07. The number of ether oxygens (including phenoxy) is 1. The summed E-state index contributed by atoms with van der Waals surface area (Å²) in [6.45, 7) is 1.33. The summed E-state index contributed by atoms with van der Waals surface area (Å²) in [5, 5.41) is 2.68. The third-order valence-electron chi connectivity index (χ3n) is 2.59. The zero-order valence-electron chi connectivity index (χ0n) is 11.4. The first-order chi connectivity index (χ1) is 9.11. The summed E-state index contributed by atoms with van der Waals surface area (Å²) < 4.78 is 4.49. The van der Waals surface area contributed by atoms with Gasteiger partial charge in [-0.1, -0.05) is 30.3 Å². The Balaban J connectivity index is 2.23. The summed E-state index contributed by atoms with van der Waals surface area (Å²) >= 11 is 0. The summed E-state index contributed by atoms with van der Waals surface area (Å²) in [6.07, 6.45) is 0.199. The summed E-state index contributed by atoms with van der Waals surface area (Å²) in [4.78, 5) is 24.4. The lowest BCUT2D eigenvalue weighted by Crippen LogP contribution is -2.35. The number of nitrogens with one attached hydrogen (secondary N) is 1. The molecule has 5 heteroatoms. The quantitative estimate of drug-likeness (QED) is 0.740. The van der Waals surface area contributed by atoms with Crippen LogP contribution >= 0.6 is 0 Å². The lowest BCUT2D eigenvalue weighted by atomic mass is 10.2. The van der Waals surface area contributed by atoms with Crippen LogP contribution in [0.3, 0.4) is 0 Å². The number of rotatable bonds is 7. The minimum absolute atomic E-state index is 0.0951. The molecule has 0 saturated carbocycles. The molecule has 0 saturated heterocycles. The Morgan fingerprint density at radius 3 is 2.58 bits per heavy atom. The maximum atomic E-state index is 11.6. The molecular weight excluding hydrogens is 244 g/mol. The van der Waals surface area contributed by atoms with E-state index in [2.05, 4.69) is 10.1 Å². The molecule has 0 aliphatic heterocycles. The predicted molar refractivity (Wildman–Crippen MR) is 72.4 cm³/mol. The van der Waals surface area contributed by atoms with E-state index in [1.54, 1.807) is 0 Å². The molecular formula is C14H20N2O3. The minimum atomic E-state index is -0.321. The van der Waals surface area contributed by atoms with Gasteiger partial charge in [0.25, 0.3) is 0 Å². The van der Waals surface area contributed by atoms with Crippen molar-refractivity contribution in [1.29, 1.82) is 0 Å². The predicted octanol–water partition coefficient (Wildman–Crippen LogP) is 0.798. The Hall–Kier alpha value is -1.88. The molecule has 0 aliphatic carbocycles. The lowest BCUT2D eigenvalue weighted by molar-refractivity contribution is -0.140. The van der Waals surface area contributed by atoms with Crippen LogP contribution in [0.5, 0.6) is 0 Å². The van der Waals surface area contributed by atoms with Gasteiger partial charge in [0.1, 0.15) is 0 Å². The summed E-state index contributed by atoms with van der Waals surface area (Å²) in [7, 11) is 3.21. The first-order valence-corrected chi connectivity index (χ1v) is 6.18. The summed E-state index contributed by atoms with van der Waals surface area (Å²) in [5.74, 6) is -0.416. The second kappa shape index (κ2) is 8.26. The molecule has 0 radical (unpaired) electrons. The number of carbonyl (C=O) groups is 2. The van der Waals surface area contributed by atoms with Crippen molar-refractivity contribution in [2.45, 2.75) is 13.0 Å². The molecule has 1 aromatic carbocycles. The van der Waals surface area contributed by atoms with E-state index < -0.39 is 0 Å². The van der Waals surface area contributed by atoms with Gasteiger partial charge in [-0.05, 0) is 12.6 Å². The Morgan fingerprint density at radius 1 is 1.26 bits per heavy atom. The largest absolute Gasteiger partial charge is 0.469 e. The van der Waals surface area contributed by atoms with Gasteiger partial charge >= 0.3 is 5.97 Å². The zero-order valence-corrected chi connectivity index (χ0v) is 11.4. The van der Waals surface area contributed by atoms with Gasteiger partial charge in [-0.3, -0.25) is 14.5 Å². The fraction of sp³-hybridized carbons (Fsp3) is 0.429. The van der Waals surface area contributed by atoms with Crippen molar-refractivity contribution in [2.24, 2.45) is 0 Å². The normalized spacial score (nSPS) is 10.3. The van der Waals surface area contributed by atoms with Crippen LogP contribution in [0, 0.1) is 0 Å². The van der Waals surface area contributed by atoms with E-state index in [0.717, 1.165) is 5.56 Å². The van der Waals surface area contributed by atoms with Crippen LogP contribution in [0.1, 0.15) is 12.0 Å². The van der Waals surface area contributed by atoms with E-state index >= 15 is 0 Å². The minimum Gasteiger partial charge on any atom is -0.469 e. The van der Waals surface area contributed by atoms with Crippen molar-refractivity contribution >= 4 is 11.9 Å². The van der Waals surface area contributed by atoms with Crippen LogP contribution in [0.2, 0.25) is 0 Å². The Bertz CT molecular complexity index is 406. The third-order valence-corrected chi connectivity index (χ3v) is 2.59. The molecule has 19 heavy (non-hydrogen) atoms. The highest BCUT2D eigenvalue weighted by Crippen LogP contribution is 2.01. The monoisotopic (exact) mass is 264 g/mol. The second-order valence-corrected chi connectivity index (χ2v) is 4.33. The average Bonchev–Trinajstić information content (AvgIpc) is 2.39. The molecule has 0 aliphatic rings. The van der Waals surface area contributed by atoms with E-state index in [1.165, 1.54) is 7.11 Å². The number of nitrogens with zero attached hydrogens (tertiary/aromatic N) is 1. The molecule has 1 aromatic rings. The topological polar surface area (TPSA) is 58.6 Å². The van der Waals surface area contributed by atoms with Gasteiger partial charge in [0.2, 0.25) is 5.91 Å². The standard InChI is InChI=1S/C14H20N2O3/c1-16(10-12-6-4-3-5-7-12)11-13(17)15-9-8-14(18)19-2/h3-7H,8-11H2,1-2H3,(H,15,17). The van der Waals surface area contributed by atoms with E-state index in [4.69, 9.17) is 0 Å². The highest BCUT2D eigenvalue weighted by atomic mass is 16.5. The van der Waals surface area contributed by atoms with E-state index in [0.29, 0.717) is 19.6 Å². The number of carbonyl (C=O) groups excluding carboxylic acids is 2. The van der Waals surface area contributed by atoms with Gasteiger partial charge in [-0.2, -0.15) is 0 Å². The van der Waals surface area contributed by atoms with Gasteiger partial charge in [0.05, 0.1) is 20.1 Å². The number of methoxy groups -OCH3 is 1. The number of amides is 1. The molecule has 0 aromatic heterocycles. The van der Waals surface area contributed by atoms with Gasteiger partial charge in [0.15, 0.2) is 0 Å². The van der Waals surface area contributed by atoms with E-state index in [9.17, 15) is 9.59 Å². The Morgan fingerprint density at radius 2 is 1.95 bits per heavy atom. The molecule has 0 spiro atoms. The Labute approximate surface area is 113 Å². The van der Waals surface area contributed by atoms with Crippen LogP contribution in [0.4, 0.5) is 0 Å². The summed E-state index contributed by atoms with van der Waals surface area (Å²) in [6, 6.07) is 9.94. The van der Waals surface area contributed by atoms with Gasteiger partial charge in [-0.25, -0.2) is 0 Å². The molecule has 0 fully saturated rings. The van der Waals surface area contributed by atoms with Crippen LogP contribution in [0.25, 0.3) is 0 Å². The first kappa shape index (κ1) is 15.2. The number of hydrogen-bond donors (Lipinski definition) is 1. The van der Waals surface area contributed by atoms with E-state index in [1.807, 2.05) is 42.3 Å². The molecule has 5 nitrogen and oxygen atoms in total. The van der Waals surface area contributed by atoms with Crippen molar-refractivity contribution in [3.05, 3.63) is 35.9 Å². The molecule has 1 amide bonds. The van der Waals surface area contributed by atoms with Crippen LogP contribution < -0.4 is 5.32 Å². The van der Waals surface area contributed by atoms with Crippen molar-refractivity contribution in [3.8, 4) is 0 Å². The third kappa shape index (κ3) is 6.57. The maximum absolute atomic E-state index is 11.6. The highest BCUT2D eigenvalue weighted by molar-refractivity contribution is 5.78. The van der Waals surface area contributed by atoms with Crippen molar-refractivity contribution in [3.63, 3.8) is 0 Å². The average molecular weight is 264 g/mol. The maximum Gasteiger partial charge on any atom is 0.307 e. The van der Waals surface area contributed by atoms with Crippen molar-refractivity contribution in [1.82, 2.24) is 10.2 Å². The summed E-state index contributed by atoms with van der Waals surface area (Å²) in [5.41, 5.74) is 1.16. The smallest absolute Gasteiger partial charge is 0.307 e. The Kier molecular flexibility index (Phi) is 6.60. The second-order valence-electron chi connectivity index (χ2n) is 4.33. The fourth-order valence-corrected chi connectivity index (χ4v) is 1.66. The molecule has 0 bridgehead atoms. The van der Waals surface area contributed by atoms with Gasteiger partial charge in [0, 0.05) is 13.1 Å². The number of esters is 1. The molecule has 0 unspecified atom stereocenters. The molecule has 0 atom stereocenters. The SMILES string of the molecule is COC(=O)CCNC(=O)CN(C)Cc1ccccc1. The van der Waals surface area contributed by atoms with Gasteiger partial charge < -0.3 is 10.1 Å². The van der Waals surface area contributed by atoms with Crippen LogP contribution in [0.15, 0.2) is 30.3 Å². The lowest BCUT2D eigenvalue weighted by Gasteiger charge is -2.16. The number of hydrogen-bond acceptors (Lipinski definition) is 4. The molecule has 0 heterocycles. The van der Waals surface area contributed by atoms with Gasteiger partial charge in [-0.15, -0.1) is 0 Å². The van der Waals surface area contributed by atoms with E-state index in [-0.39, 0.29) is 18.3 Å². The number of likely N-dealkylation sites (N-methyl/N-ethyl adjacent to an activating group) is 1. The van der Waals surface area contributed by atoms with Crippen molar-refractivity contribution < 1.29 is 14.3 Å². The molecule has 1 N–H and O–H groups in total. The van der Waals surface area contributed by atoms with Crippen molar-refractivity contribution in [2.75, 3.05) is 27.2 Å². The van der Waals surface area contributed by atoms with Crippen LogP contribution in [-0.2, 0) is 20.9 Å². The molecule has 1 rings (SSSR count). The first-order valence-electron chi connectivity index (χ1n) is 6.18. The molecule has 104 valence electrons. The fourth-order valence-electron chi connectivity index (χ4n) is 1.66. The van der Waals surface area contributed by atoms with Crippen LogP contribution in [-0.4, -0.2) is 44.0 Å².